The highest BCUT2D eigenvalue weighted by Gasteiger charge is 2.15. The molecule has 0 spiro atoms. The molecule has 0 bridgehead atoms. The van der Waals surface area contributed by atoms with Crippen molar-refractivity contribution in [1.29, 1.82) is 0 Å². The quantitative estimate of drug-likeness (QED) is 0.288. The standard InChI is InChI=1S/C4H9NO2S.H2O7S2/c1-5-3(2-8)4(6)7;1-8(2,3)7-9(4,5)6/h3,5,8H,2H2,1H3,(H,6,7);(H,1,2,3)(H,4,5,6)/t3-;/m0./s1. The Hall–Kier alpha value is -0.440. The third-order valence-corrected chi connectivity index (χ3v) is 2.74. The summed E-state index contributed by atoms with van der Waals surface area (Å²) in [7, 11) is -8.65. The van der Waals surface area contributed by atoms with Crippen LogP contribution in [0, 0.1) is 0 Å². The van der Waals surface area contributed by atoms with Gasteiger partial charge in [-0.25, -0.2) is 0 Å². The predicted molar refractivity (Wildman–Crippen MR) is 58.5 cm³/mol. The first-order valence-corrected chi connectivity index (χ1v) is 6.96. The molecule has 10 nitrogen and oxygen atoms in total. The van der Waals surface area contributed by atoms with Gasteiger partial charge in [-0.2, -0.15) is 29.5 Å². The fourth-order valence-electron chi connectivity index (χ4n) is 0.402. The van der Waals surface area contributed by atoms with E-state index >= 15 is 0 Å². The molecule has 4 N–H and O–H groups in total. The Kier molecular flexibility index (Phi) is 8.68. The molecule has 0 saturated heterocycles. The van der Waals surface area contributed by atoms with Crippen LogP contribution in [0.4, 0.5) is 0 Å². The molecule has 0 saturated carbocycles. The summed E-state index contributed by atoms with van der Waals surface area (Å²) in [5.74, 6) is -0.534. The lowest BCUT2D eigenvalue weighted by molar-refractivity contribution is -0.138. The Labute approximate surface area is 103 Å². The predicted octanol–water partition coefficient (Wildman–Crippen LogP) is -1.80. The molecular formula is C4H11NO9S3. The fraction of sp³-hybridized carbons (Fsp3) is 0.750. The van der Waals surface area contributed by atoms with Gasteiger partial charge >= 0.3 is 26.8 Å². The topological polar surface area (TPSA) is 167 Å². The van der Waals surface area contributed by atoms with E-state index in [9.17, 15) is 21.6 Å². The number of carbonyl (C=O) groups is 1. The number of likely N-dealkylation sites (N-methyl/N-ethyl adjacent to an activating group) is 1. The number of nitrogens with one attached hydrogen (secondary N) is 1. The molecule has 0 aromatic heterocycles. The van der Waals surface area contributed by atoms with Crippen LogP contribution in [-0.4, -0.2) is 55.9 Å². The van der Waals surface area contributed by atoms with Gasteiger partial charge in [0, 0.05) is 5.75 Å². The van der Waals surface area contributed by atoms with Crippen molar-refractivity contribution in [3.8, 4) is 0 Å². The number of thiol groups is 1. The lowest BCUT2D eigenvalue weighted by Crippen LogP contribution is -2.35. The normalized spacial score (nSPS) is 13.4. The SMILES string of the molecule is CN[C@@H](CS)C(=O)O.O=S(=O)(O)OS(=O)(=O)O. The summed E-state index contributed by atoms with van der Waals surface area (Å²) >= 11 is 3.79. The van der Waals surface area contributed by atoms with Gasteiger partial charge in [0.15, 0.2) is 0 Å². The van der Waals surface area contributed by atoms with E-state index in [1.165, 1.54) is 0 Å². The number of carboxylic acid groups (broad SMARTS) is 1. The van der Waals surface area contributed by atoms with Crippen LogP contribution in [-0.2, 0) is 29.2 Å². The molecule has 13 heteroatoms. The Bertz CT molecular complexity index is 391. The van der Waals surface area contributed by atoms with E-state index < -0.39 is 32.8 Å². The average molecular weight is 313 g/mol. The molecule has 0 aliphatic carbocycles. The van der Waals surface area contributed by atoms with Crippen LogP contribution in [0.5, 0.6) is 0 Å². The van der Waals surface area contributed by atoms with Crippen molar-refractivity contribution in [2.75, 3.05) is 12.8 Å². The summed E-state index contributed by atoms with van der Waals surface area (Å²) in [5, 5.41) is 10.8. The largest absolute Gasteiger partial charge is 0.480 e. The highest BCUT2D eigenvalue weighted by atomic mass is 32.3. The second kappa shape index (κ2) is 7.80. The van der Waals surface area contributed by atoms with Crippen LogP contribution in [0.25, 0.3) is 0 Å². The van der Waals surface area contributed by atoms with E-state index in [-0.39, 0.29) is 0 Å². The number of hydrogen-bond donors (Lipinski definition) is 5. The van der Waals surface area contributed by atoms with E-state index in [2.05, 4.69) is 21.6 Å². The van der Waals surface area contributed by atoms with Gasteiger partial charge < -0.3 is 10.4 Å². The Morgan fingerprint density at radius 1 is 1.29 bits per heavy atom. The van der Waals surface area contributed by atoms with Crippen molar-refractivity contribution in [3.05, 3.63) is 0 Å². The highest BCUT2D eigenvalue weighted by Crippen LogP contribution is 1.91. The van der Waals surface area contributed by atoms with Crippen molar-refractivity contribution in [1.82, 2.24) is 5.32 Å². The Morgan fingerprint density at radius 2 is 1.65 bits per heavy atom. The molecule has 0 rings (SSSR count). The zero-order valence-corrected chi connectivity index (χ0v) is 10.9. The summed E-state index contributed by atoms with van der Waals surface area (Å²) in [6.07, 6.45) is 0. The van der Waals surface area contributed by atoms with E-state index in [0.29, 0.717) is 5.75 Å². The van der Waals surface area contributed by atoms with Gasteiger partial charge in [-0.3, -0.25) is 13.9 Å². The monoisotopic (exact) mass is 313 g/mol. The van der Waals surface area contributed by atoms with Gasteiger partial charge in [-0.15, -0.1) is 3.63 Å². The van der Waals surface area contributed by atoms with E-state index in [1.54, 1.807) is 7.05 Å². The molecule has 0 unspecified atom stereocenters. The molecular weight excluding hydrogens is 302 g/mol. The zero-order valence-electron chi connectivity index (χ0n) is 8.34. The molecule has 0 fully saturated rings. The molecule has 0 amide bonds. The number of hydrogen-bond acceptors (Lipinski definition) is 8. The van der Waals surface area contributed by atoms with Gasteiger partial charge in [0.05, 0.1) is 0 Å². The average Bonchev–Trinajstić information content (AvgIpc) is 1.99. The summed E-state index contributed by atoms with van der Waals surface area (Å²) < 4.78 is 55.6. The minimum atomic E-state index is -5.12. The van der Waals surface area contributed by atoms with Crippen molar-refractivity contribution >= 4 is 39.4 Å². The molecule has 0 heterocycles. The maximum absolute atomic E-state index is 10.1. The Balaban J connectivity index is 0. The lowest BCUT2D eigenvalue weighted by atomic mass is 10.3. The molecule has 0 aliphatic rings. The molecule has 17 heavy (non-hydrogen) atoms. The summed E-state index contributed by atoms with van der Waals surface area (Å²) in [5.41, 5.74) is 0. The fourth-order valence-corrected chi connectivity index (χ4v) is 1.61. The second-order valence-corrected chi connectivity index (χ2v) is 4.91. The van der Waals surface area contributed by atoms with Crippen molar-refractivity contribution < 1.29 is 39.5 Å². The minimum absolute atomic E-state index is 0.325. The second-order valence-electron chi connectivity index (χ2n) is 2.29. The molecule has 0 radical (unpaired) electrons. The van der Waals surface area contributed by atoms with E-state index in [4.69, 9.17) is 14.2 Å². The summed E-state index contributed by atoms with van der Waals surface area (Å²) in [4.78, 5) is 10.1. The first-order valence-electron chi connectivity index (χ1n) is 3.59. The van der Waals surface area contributed by atoms with Crippen LogP contribution in [0.3, 0.4) is 0 Å². The summed E-state index contributed by atoms with van der Waals surface area (Å²) in [6.45, 7) is 0. The lowest BCUT2D eigenvalue weighted by Gasteiger charge is -2.04. The van der Waals surface area contributed by atoms with Crippen LogP contribution in [0.1, 0.15) is 0 Å². The van der Waals surface area contributed by atoms with Crippen LogP contribution in [0.15, 0.2) is 0 Å². The van der Waals surface area contributed by atoms with Gasteiger partial charge in [0.2, 0.25) is 0 Å². The van der Waals surface area contributed by atoms with Crippen molar-refractivity contribution in [2.45, 2.75) is 6.04 Å². The van der Waals surface area contributed by atoms with Crippen molar-refractivity contribution in [2.24, 2.45) is 0 Å². The van der Waals surface area contributed by atoms with Crippen LogP contribution in [0.2, 0.25) is 0 Å². The molecule has 0 aromatic carbocycles. The van der Waals surface area contributed by atoms with Gasteiger partial charge in [-0.05, 0) is 7.05 Å². The summed E-state index contributed by atoms with van der Waals surface area (Å²) in [6, 6.07) is -0.515. The first-order chi connectivity index (χ1) is 7.43. The number of carboxylic acids is 1. The van der Waals surface area contributed by atoms with Crippen molar-refractivity contribution in [3.63, 3.8) is 0 Å². The molecule has 0 aromatic rings. The Morgan fingerprint density at radius 3 is 1.65 bits per heavy atom. The van der Waals surface area contributed by atoms with E-state index in [0.717, 1.165) is 0 Å². The third-order valence-electron chi connectivity index (χ3n) is 1.00. The van der Waals surface area contributed by atoms with E-state index in [1.807, 2.05) is 0 Å². The number of aliphatic carboxylic acids is 1. The van der Waals surface area contributed by atoms with Crippen LogP contribution < -0.4 is 5.32 Å². The number of rotatable bonds is 5. The zero-order chi connectivity index (χ0) is 14.3. The van der Waals surface area contributed by atoms with Gasteiger partial charge in [0.1, 0.15) is 6.04 Å². The van der Waals surface area contributed by atoms with Crippen LogP contribution >= 0.6 is 12.6 Å². The molecule has 104 valence electrons. The molecule has 0 aliphatic heterocycles. The minimum Gasteiger partial charge on any atom is -0.480 e. The maximum atomic E-state index is 10.1. The first kappa shape index (κ1) is 18.9. The maximum Gasteiger partial charge on any atom is 0.413 e. The highest BCUT2D eigenvalue weighted by molar-refractivity contribution is 7.94. The third kappa shape index (κ3) is 15.6. The van der Waals surface area contributed by atoms with Gasteiger partial charge in [-0.1, -0.05) is 0 Å². The molecule has 1 atom stereocenters. The smallest absolute Gasteiger partial charge is 0.413 e. The van der Waals surface area contributed by atoms with Gasteiger partial charge in [0.25, 0.3) is 0 Å².